The summed E-state index contributed by atoms with van der Waals surface area (Å²) in [4.78, 5) is 0. The molecule has 1 fully saturated rings. The fourth-order valence-corrected chi connectivity index (χ4v) is 2.35. The normalized spacial score (nSPS) is 17.6. The summed E-state index contributed by atoms with van der Waals surface area (Å²) in [6.07, 6.45) is 2.57. The van der Waals surface area contributed by atoms with Crippen molar-refractivity contribution in [2.75, 3.05) is 6.79 Å². The molecule has 4 nitrogen and oxygen atoms in total. The van der Waals surface area contributed by atoms with Crippen molar-refractivity contribution < 1.29 is 13.9 Å². The maximum Gasteiger partial charge on any atom is 0.231 e. The Labute approximate surface area is 105 Å². The summed E-state index contributed by atoms with van der Waals surface area (Å²) in [5, 5.41) is 4.59. The molecule has 94 valence electrons. The molecule has 1 aromatic carbocycles. The van der Waals surface area contributed by atoms with E-state index in [4.69, 9.17) is 13.9 Å². The fourth-order valence-electron chi connectivity index (χ4n) is 2.35. The highest BCUT2D eigenvalue weighted by atomic mass is 16.7. The molecule has 0 atom stereocenters. The van der Waals surface area contributed by atoms with Gasteiger partial charge in [0.15, 0.2) is 11.5 Å². The van der Waals surface area contributed by atoms with Gasteiger partial charge in [0.2, 0.25) is 6.79 Å². The second-order valence-corrected chi connectivity index (χ2v) is 5.01. The van der Waals surface area contributed by atoms with Crippen LogP contribution in [0.25, 0.3) is 11.0 Å². The molecule has 2 aromatic rings. The highest BCUT2D eigenvalue weighted by Crippen LogP contribution is 2.39. The van der Waals surface area contributed by atoms with E-state index in [1.807, 2.05) is 12.1 Å². The number of rotatable bonds is 3. The molecule has 0 amide bonds. The number of hydrogen-bond donors (Lipinski definition) is 1. The van der Waals surface area contributed by atoms with Gasteiger partial charge in [-0.25, -0.2) is 0 Å². The van der Waals surface area contributed by atoms with E-state index in [-0.39, 0.29) is 0 Å². The second-order valence-electron chi connectivity index (χ2n) is 5.01. The lowest BCUT2D eigenvalue weighted by molar-refractivity contribution is 0.174. The average molecular weight is 245 g/mol. The number of fused-ring (bicyclic) bond motifs is 2. The van der Waals surface area contributed by atoms with Gasteiger partial charge in [-0.15, -0.1) is 0 Å². The smallest absolute Gasteiger partial charge is 0.231 e. The van der Waals surface area contributed by atoms with Crippen LogP contribution in [0.3, 0.4) is 0 Å². The number of furan rings is 1. The number of aryl methyl sites for hydroxylation is 1. The number of hydrogen-bond acceptors (Lipinski definition) is 4. The van der Waals surface area contributed by atoms with E-state index < -0.39 is 0 Å². The van der Waals surface area contributed by atoms with Crippen LogP contribution in [0.15, 0.2) is 16.5 Å². The standard InChI is InChI=1S/C14H15NO3/c1-8-10-4-12-13(17-7-16-12)5-11(10)18-14(8)6-15-9-2-3-9/h4-5,9,15H,2-3,6-7H2,1H3. The average Bonchev–Trinajstić information content (AvgIpc) is 3.01. The van der Waals surface area contributed by atoms with Crippen LogP contribution in [0.5, 0.6) is 11.5 Å². The molecule has 1 aliphatic carbocycles. The first kappa shape index (κ1) is 10.3. The predicted molar refractivity (Wildman–Crippen MR) is 66.9 cm³/mol. The minimum atomic E-state index is 0.303. The van der Waals surface area contributed by atoms with Gasteiger partial charge in [-0.2, -0.15) is 0 Å². The minimum Gasteiger partial charge on any atom is -0.459 e. The van der Waals surface area contributed by atoms with Crippen LogP contribution in [0, 0.1) is 6.92 Å². The number of nitrogens with one attached hydrogen (secondary N) is 1. The molecule has 1 saturated carbocycles. The van der Waals surface area contributed by atoms with Gasteiger partial charge in [0.05, 0.1) is 6.54 Å². The van der Waals surface area contributed by atoms with Crippen molar-refractivity contribution in [2.24, 2.45) is 0 Å². The number of benzene rings is 1. The zero-order valence-corrected chi connectivity index (χ0v) is 10.3. The Kier molecular flexibility index (Phi) is 2.08. The van der Waals surface area contributed by atoms with Crippen molar-refractivity contribution in [2.45, 2.75) is 32.4 Å². The summed E-state index contributed by atoms with van der Waals surface area (Å²) >= 11 is 0. The van der Waals surface area contributed by atoms with Gasteiger partial charge in [0, 0.05) is 17.5 Å². The Morgan fingerprint density at radius 2 is 2.00 bits per heavy atom. The van der Waals surface area contributed by atoms with Crippen LogP contribution < -0.4 is 14.8 Å². The van der Waals surface area contributed by atoms with Crippen LogP contribution >= 0.6 is 0 Å². The van der Waals surface area contributed by atoms with Gasteiger partial charge in [-0.3, -0.25) is 0 Å². The molecule has 1 aliphatic heterocycles. The summed E-state index contributed by atoms with van der Waals surface area (Å²) in [7, 11) is 0. The van der Waals surface area contributed by atoms with E-state index in [0.29, 0.717) is 12.8 Å². The molecule has 0 radical (unpaired) electrons. The van der Waals surface area contributed by atoms with Crippen LogP contribution in [-0.2, 0) is 6.54 Å². The first-order valence-electron chi connectivity index (χ1n) is 6.36. The van der Waals surface area contributed by atoms with E-state index in [1.165, 1.54) is 18.4 Å². The predicted octanol–water partition coefficient (Wildman–Crippen LogP) is 2.72. The lowest BCUT2D eigenvalue weighted by Gasteiger charge is -1.99. The molecule has 1 aromatic heterocycles. The second kappa shape index (κ2) is 3.65. The molecule has 0 spiro atoms. The van der Waals surface area contributed by atoms with Gasteiger partial charge in [0.1, 0.15) is 11.3 Å². The summed E-state index contributed by atoms with van der Waals surface area (Å²) in [5.74, 6) is 2.60. The zero-order valence-electron chi connectivity index (χ0n) is 10.3. The van der Waals surface area contributed by atoms with Crippen molar-refractivity contribution in [3.63, 3.8) is 0 Å². The topological polar surface area (TPSA) is 43.6 Å². The Hall–Kier alpha value is -1.68. The van der Waals surface area contributed by atoms with Crippen molar-refractivity contribution in [3.05, 3.63) is 23.5 Å². The largest absolute Gasteiger partial charge is 0.459 e. The Bertz CT molecular complexity index is 613. The maximum atomic E-state index is 5.90. The summed E-state index contributed by atoms with van der Waals surface area (Å²) in [6, 6.07) is 4.62. The van der Waals surface area contributed by atoms with Crippen LogP contribution in [-0.4, -0.2) is 12.8 Å². The molecule has 0 unspecified atom stereocenters. The van der Waals surface area contributed by atoms with E-state index in [9.17, 15) is 0 Å². The minimum absolute atomic E-state index is 0.303. The Morgan fingerprint density at radius 3 is 2.78 bits per heavy atom. The molecular formula is C14H15NO3. The monoisotopic (exact) mass is 245 g/mol. The Morgan fingerprint density at radius 1 is 1.22 bits per heavy atom. The fraction of sp³-hybridized carbons (Fsp3) is 0.429. The lowest BCUT2D eigenvalue weighted by Crippen LogP contribution is -2.15. The highest BCUT2D eigenvalue weighted by Gasteiger charge is 2.23. The Balaban J connectivity index is 1.73. The molecule has 4 heteroatoms. The van der Waals surface area contributed by atoms with E-state index in [0.717, 1.165) is 34.8 Å². The summed E-state index contributed by atoms with van der Waals surface area (Å²) < 4.78 is 16.7. The molecule has 2 heterocycles. The third-order valence-corrected chi connectivity index (χ3v) is 3.66. The quantitative estimate of drug-likeness (QED) is 0.903. The summed E-state index contributed by atoms with van der Waals surface area (Å²) in [5.41, 5.74) is 2.07. The van der Waals surface area contributed by atoms with E-state index >= 15 is 0 Å². The summed E-state index contributed by atoms with van der Waals surface area (Å²) in [6.45, 7) is 3.20. The van der Waals surface area contributed by atoms with Gasteiger partial charge in [-0.05, 0) is 31.4 Å². The third kappa shape index (κ3) is 1.56. The van der Waals surface area contributed by atoms with E-state index in [2.05, 4.69) is 12.2 Å². The van der Waals surface area contributed by atoms with Crippen LogP contribution in [0.2, 0.25) is 0 Å². The van der Waals surface area contributed by atoms with Gasteiger partial charge < -0.3 is 19.2 Å². The van der Waals surface area contributed by atoms with E-state index in [1.54, 1.807) is 0 Å². The zero-order chi connectivity index (χ0) is 12.1. The van der Waals surface area contributed by atoms with Crippen LogP contribution in [0.1, 0.15) is 24.2 Å². The molecule has 18 heavy (non-hydrogen) atoms. The van der Waals surface area contributed by atoms with Crippen molar-refractivity contribution in [1.29, 1.82) is 0 Å². The van der Waals surface area contributed by atoms with Crippen LogP contribution in [0.4, 0.5) is 0 Å². The maximum absolute atomic E-state index is 5.90. The molecule has 2 aliphatic rings. The molecular weight excluding hydrogens is 230 g/mol. The van der Waals surface area contributed by atoms with Gasteiger partial charge in [0.25, 0.3) is 0 Å². The molecule has 1 N–H and O–H groups in total. The van der Waals surface area contributed by atoms with Crippen molar-refractivity contribution >= 4 is 11.0 Å². The van der Waals surface area contributed by atoms with Crippen molar-refractivity contribution in [1.82, 2.24) is 5.32 Å². The lowest BCUT2D eigenvalue weighted by atomic mass is 10.1. The number of ether oxygens (including phenoxy) is 2. The first-order chi connectivity index (χ1) is 8.81. The van der Waals surface area contributed by atoms with Crippen molar-refractivity contribution in [3.8, 4) is 11.5 Å². The molecule has 4 rings (SSSR count). The highest BCUT2D eigenvalue weighted by molar-refractivity contribution is 5.85. The first-order valence-corrected chi connectivity index (χ1v) is 6.36. The van der Waals surface area contributed by atoms with Gasteiger partial charge in [-0.1, -0.05) is 0 Å². The van der Waals surface area contributed by atoms with Gasteiger partial charge >= 0.3 is 0 Å². The molecule has 0 saturated heterocycles. The SMILES string of the molecule is Cc1c(CNC2CC2)oc2cc3c(cc12)OCO3. The third-order valence-electron chi connectivity index (χ3n) is 3.66. The molecule has 0 bridgehead atoms.